The Hall–Kier alpha value is -2.58. The molecule has 3 aromatic rings. The van der Waals surface area contributed by atoms with Crippen molar-refractivity contribution in [3.63, 3.8) is 0 Å². The van der Waals surface area contributed by atoms with E-state index < -0.39 is 5.82 Å². The first kappa shape index (κ1) is 24.5. The molecule has 4 nitrogen and oxygen atoms in total. The highest BCUT2D eigenvalue weighted by Gasteiger charge is 2.34. The number of amides is 1. The van der Waals surface area contributed by atoms with Crippen molar-refractivity contribution in [1.82, 2.24) is 0 Å². The van der Waals surface area contributed by atoms with E-state index in [-0.39, 0.29) is 22.5 Å². The molecule has 1 saturated heterocycles. The van der Waals surface area contributed by atoms with Crippen LogP contribution in [-0.4, -0.2) is 16.8 Å². The van der Waals surface area contributed by atoms with E-state index in [4.69, 9.17) is 44.9 Å². The third-order valence-corrected chi connectivity index (χ3v) is 6.74. The molecule has 0 spiro atoms. The molecular formula is C25H18Cl2FNO3S2. The Labute approximate surface area is 216 Å². The number of ether oxygens (including phenoxy) is 2. The summed E-state index contributed by atoms with van der Waals surface area (Å²) < 4.78 is 26.2. The molecule has 34 heavy (non-hydrogen) atoms. The van der Waals surface area contributed by atoms with Crippen LogP contribution < -0.4 is 14.4 Å². The Balaban J connectivity index is 1.56. The second-order valence-corrected chi connectivity index (χ2v) is 9.65. The average molecular weight is 534 g/mol. The third kappa shape index (κ3) is 5.39. The first-order chi connectivity index (χ1) is 16.4. The van der Waals surface area contributed by atoms with Gasteiger partial charge in [-0.25, -0.2) is 4.39 Å². The lowest BCUT2D eigenvalue weighted by atomic mass is 10.1. The number of hydrogen-bond acceptors (Lipinski definition) is 5. The Kier molecular flexibility index (Phi) is 7.78. The van der Waals surface area contributed by atoms with E-state index in [0.717, 1.165) is 17.3 Å². The largest absolute Gasteiger partial charge is 0.490 e. The Bertz CT molecular complexity index is 1300. The number of benzene rings is 3. The molecule has 0 bridgehead atoms. The fraction of sp³-hybridized carbons (Fsp3) is 0.120. The molecule has 3 aromatic carbocycles. The monoisotopic (exact) mass is 533 g/mol. The number of anilines is 1. The van der Waals surface area contributed by atoms with Gasteiger partial charge in [-0.05, 0) is 55.0 Å². The summed E-state index contributed by atoms with van der Waals surface area (Å²) in [5.74, 6) is 0.159. The molecule has 0 N–H and O–H groups in total. The van der Waals surface area contributed by atoms with E-state index >= 15 is 0 Å². The van der Waals surface area contributed by atoms with Gasteiger partial charge in [-0.3, -0.25) is 9.69 Å². The van der Waals surface area contributed by atoms with Crippen LogP contribution in [0.15, 0.2) is 65.6 Å². The van der Waals surface area contributed by atoms with Gasteiger partial charge in [-0.15, -0.1) is 0 Å². The lowest BCUT2D eigenvalue weighted by molar-refractivity contribution is -0.113. The van der Waals surface area contributed by atoms with Crippen LogP contribution >= 0.6 is 47.2 Å². The Morgan fingerprint density at radius 1 is 1.06 bits per heavy atom. The van der Waals surface area contributed by atoms with Crippen molar-refractivity contribution in [3.05, 3.63) is 92.6 Å². The molecular weight excluding hydrogens is 516 g/mol. The standard InChI is InChI=1S/C25H18Cl2FNO3S2/c1-2-31-22-11-15(7-10-21(22)32-14-16-8-9-17(26)13-18(16)27)12-23-24(30)29(25(33)34-23)20-6-4-3-5-19(20)28/h3-13H,2,14H2,1H3/b23-12-. The van der Waals surface area contributed by atoms with Gasteiger partial charge in [0.05, 0.1) is 17.2 Å². The van der Waals surface area contributed by atoms with Gasteiger partial charge < -0.3 is 9.47 Å². The maximum absolute atomic E-state index is 14.2. The molecule has 0 saturated carbocycles. The summed E-state index contributed by atoms with van der Waals surface area (Å²) in [6.07, 6.45) is 1.70. The van der Waals surface area contributed by atoms with Crippen molar-refractivity contribution >= 4 is 69.2 Å². The number of thioether (sulfide) groups is 1. The molecule has 174 valence electrons. The van der Waals surface area contributed by atoms with E-state index in [0.29, 0.717) is 38.6 Å². The van der Waals surface area contributed by atoms with E-state index in [2.05, 4.69) is 0 Å². The summed E-state index contributed by atoms with van der Waals surface area (Å²) in [5.41, 5.74) is 1.64. The summed E-state index contributed by atoms with van der Waals surface area (Å²) in [5, 5.41) is 1.06. The number of rotatable bonds is 7. The van der Waals surface area contributed by atoms with Crippen LogP contribution in [0.25, 0.3) is 6.08 Å². The Morgan fingerprint density at radius 2 is 1.85 bits per heavy atom. The van der Waals surface area contributed by atoms with Gasteiger partial charge in [0.15, 0.2) is 15.8 Å². The maximum Gasteiger partial charge on any atom is 0.270 e. The number of thiocarbonyl (C=S) groups is 1. The molecule has 1 amide bonds. The number of nitrogens with zero attached hydrogens (tertiary/aromatic N) is 1. The molecule has 0 radical (unpaired) electrons. The van der Waals surface area contributed by atoms with Crippen LogP contribution in [0.2, 0.25) is 10.0 Å². The molecule has 1 aliphatic rings. The SMILES string of the molecule is CCOc1cc(/C=C2\SC(=S)N(c3ccccc3F)C2=O)ccc1OCc1ccc(Cl)cc1Cl. The summed E-state index contributed by atoms with van der Waals surface area (Å²) in [6.45, 7) is 2.53. The topological polar surface area (TPSA) is 38.8 Å². The zero-order chi connectivity index (χ0) is 24.2. The predicted molar refractivity (Wildman–Crippen MR) is 140 cm³/mol. The van der Waals surface area contributed by atoms with Gasteiger partial charge in [0, 0.05) is 15.6 Å². The number of carbonyl (C=O) groups excluding carboxylic acids is 1. The first-order valence-electron chi connectivity index (χ1n) is 10.2. The second-order valence-electron chi connectivity index (χ2n) is 7.13. The van der Waals surface area contributed by atoms with Crippen LogP contribution in [-0.2, 0) is 11.4 Å². The zero-order valence-corrected chi connectivity index (χ0v) is 21.0. The fourth-order valence-electron chi connectivity index (χ4n) is 3.26. The molecule has 4 rings (SSSR count). The Morgan fingerprint density at radius 3 is 2.59 bits per heavy atom. The van der Waals surface area contributed by atoms with Crippen LogP contribution in [0.1, 0.15) is 18.1 Å². The van der Waals surface area contributed by atoms with E-state index in [9.17, 15) is 9.18 Å². The van der Waals surface area contributed by atoms with Crippen molar-refractivity contribution in [1.29, 1.82) is 0 Å². The van der Waals surface area contributed by atoms with E-state index in [1.54, 1.807) is 54.6 Å². The highest BCUT2D eigenvalue weighted by Crippen LogP contribution is 2.38. The van der Waals surface area contributed by atoms with Gasteiger partial charge in [-0.1, -0.05) is 71.4 Å². The molecule has 0 aromatic heterocycles. The maximum atomic E-state index is 14.2. The molecule has 1 fully saturated rings. The molecule has 9 heteroatoms. The minimum Gasteiger partial charge on any atom is -0.490 e. The highest BCUT2D eigenvalue weighted by atomic mass is 35.5. The van der Waals surface area contributed by atoms with Crippen molar-refractivity contribution in [2.45, 2.75) is 13.5 Å². The lowest BCUT2D eigenvalue weighted by Crippen LogP contribution is -2.28. The second kappa shape index (κ2) is 10.8. The van der Waals surface area contributed by atoms with Gasteiger partial charge in [-0.2, -0.15) is 0 Å². The van der Waals surface area contributed by atoms with Crippen molar-refractivity contribution in [2.24, 2.45) is 0 Å². The fourth-order valence-corrected chi connectivity index (χ4v) is 5.00. The molecule has 1 heterocycles. The minimum absolute atomic E-state index is 0.132. The van der Waals surface area contributed by atoms with E-state index in [1.165, 1.54) is 17.0 Å². The smallest absolute Gasteiger partial charge is 0.270 e. The van der Waals surface area contributed by atoms with Crippen LogP contribution in [0.4, 0.5) is 10.1 Å². The number of carbonyl (C=O) groups is 1. The first-order valence-corrected chi connectivity index (χ1v) is 12.2. The number of halogens is 3. The van der Waals surface area contributed by atoms with Gasteiger partial charge in [0.1, 0.15) is 12.4 Å². The lowest BCUT2D eigenvalue weighted by Gasteiger charge is -2.15. The molecule has 0 atom stereocenters. The summed E-state index contributed by atoms with van der Waals surface area (Å²) >= 11 is 18.6. The van der Waals surface area contributed by atoms with Crippen LogP contribution in [0.5, 0.6) is 11.5 Å². The average Bonchev–Trinajstić information content (AvgIpc) is 3.07. The number of hydrogen-bond donors (Lipinski definition) is 0. The zero-order valence-electron chi connectivity index (χ0n) is 17.9. The molecule has 1 aliphatic heterocycles. The highest BCUT2D eigenvalue weighted by molar-refractivity contribution is 8.27. The molecule has 0 unspecified atom stereocenters. The van der Waals surface area contributed by atoms with Gasteiger partial charge >= 0.3 is 0 Å². The summed E-state index contributed by atoms with van der Waals surface area (Å²) in [4.78, 5) is 14.6. The van der Waals surface area contributed by atoms with Crippen LogP contribution in [0.3, 0.4) is 0 Å². The molecule has 0 aliphatic carbocycles. The summed E-state index contributed by atoms with van der Waals surface area (Å²) in [7, 11) is 0. The van der Waals surface area contributed by atoms with E-state index in [1.807, 2.05) is 6.92 Å². The normalized spacial score (nSPS) is 14.7. The van der Waals surface area contributed by atoms with Gasteiger partial charge in [0.2, 0.25) is 0 Å². The minimum atomic E-state index is -0.513. The van der Waals surface area contributed by atoms with Crippen LogP contribution in [0, 0.1) is 5.82 Å². The van der Waals surface area contributed by atoms with Gasteiger partial charge in [0.25, 0.3) is 5.91 Å². The van der Waals surface area contributed by atoms with Crippen molar-refractivity contribution in [2.75, 3.05) is 11.5 Å². The van der Waals surface area contributed by atoms with Crippen molar-refractivity contribution in [3.8, 4) is 11.5 Å². The summed E-state index contributed by atoms with van der Waals surface area (Å²) in [6, 6.07) is 16.6. The van der Waals surface area contributed by atoms with Crippen molar-refractivity contribution < 1.29 is 18.7 Å². The quantitative estimate of drug-likeness (QED) is 0.232. The number of para-hydroxylation sites is 1. The predicted octanol–water partition coefficient (Wildman–Crippen LogP) is 7.52. The third-order valence-electron chi connectivity index (χ3n) is 4.85.